The molecule has 2 fully saturated rings. The number of pyridine rings is 1. The van der Waals surface area contributed by atoms with Crippen molar-refractivity contribution in [2.24, 2.45) is 17.8 Å². The molecule has 3 atom stereocenters. The van der Waals surface area contributed by atoms with E-state index in [1.54, 1.807) is 0 Å². The van der Waals surface area contributed by atoms with Crippen molar-refractivity contribution in [1.82, 2.24) is 20.0 Å². The summed E-state index contributed by atoms with van der Waals surface area (Å²) in [6.07, 6.45) is 1.88. The number of hydrogen-bond acceptors (Lipinski definition) is 4. The van der Waals surface area contributed by atoms with E-state index in [4.69, 9.17) is 0 Å². The molecular weight excluding hydrogens is 290 g/mol. The molecular formula is C17H19N5O. The van der Waals surface area contributed by atoms with Gasteiger partial charge < -0.3 is 15.0 Å². The van der Waals surface area contributed by atoms with Gasteiger partial charge in [-0.15, -0.1) is 0 Å². The maximum absolute atomic E-state index is 12.6. The Morgan fingerprint density at radius 1 is 1.43 bits per heavy atom. The fourth-order valence-corrected chi connectivity index (χ4v) is 3.82. The number of nitrogens with zero attached hydrogens (tertiary/aromatic N) is 3. The highest BCUT2D eigenvalue weighted by molar-refractivity contribution is 5.83. The van der Waals surface area contributed by atoms with Gasteiger partial charge in [-0.25, -0.2) is 4.98 Å². The number of amides is 1. The number of rotatable bonds is 3. The van der Waals surface area contributed by atoms with Crippen molar-refractivity contribution in [3.8, 4) is 6.07 Å². The van der Waals surface area contributed by atoms with E-state index in [1.165, 1.54) is 0 Å². The highest BCUT2D eigenvalue weighted by Gasteiger charge is 2.57. The van der Waals surface area contributed by atoms with E-state index >= 15 is 0 Å². The summed E-state index contributed by atoms with van der Waals surface area (Å²) in [6, 6.07) is 7.77. The molecule has 2 aliphatic rings. The number of nitriles is 1. The van der Waals surface area contributed by atoms with Gasteiger partial charge in [0.05, 0.1) is 11.1 Å². The van der Waals surface area contributed by atoms with Crippen LogP contribution in [0.1, 0.15) is 25.4 Å². The van der Waals surface area contributed by atoms with E-state index in [2.05, 4.69) is 21.7 Å². The van der Waals surface area contributed by atoms with Crippen LogP contribution in [0, 0.1) is 29.1 Å². The normalized spacial score (nSPS) is 25.9. The first kappa shape index (κ1) is 14.2. The minimum Gasteiger partial charge on any atom is -0.344 e. The molecule has 1 aliphatic carbocycles. The van der Waals surface area contributed by atoms with Crippen LogP contribution in [0.15, 0.2) is 24.4 Å². The van der Waals surface area contributed by atoms with Gasteiger partial charge in [0.2, 0.25) is 5.91 Å². The summed E-state index contributed by atoms with van der Waals surface area (Å²) in [4.78, 5) is 17.0. The zero-order valence-corrected chi connectivity index (χ0v) is 13.2. The first-order valence-corrected chi connectivity index (χ1v) is 7.93. The Hall–Kier alpha value is -2.39. The summed E-state index contributed by atoms with van der Waals surface area (Å²) in [5, 5.41) is 15.7. The van der Waals surface area contributed by atoms with E-state index in [0.717, 1.165) is 18.6 Å². The van der Waals surface area contributed by atoms with Crippen molar-refractivity contribution >= 4 is 11.4 Å². The molecule has 1 saturated heterocycles. The highest BCUT2D eigenvalue weighted by atomic mass is 16.2. The smallest absolute Gasteiger partial charge is 0.224 e. The van der Waals surface area contributed by atoms with Gasteiger partial charge in [0.1, 0.15) is 11.9 Å². The predicted octanol–water partition coefficient (Wildman–Crippen LogP) is 1.02. The highest BCUT2D eigenvalue weighted by Crippen LogP contribution is 2.49. The SMILES string of the molecule is CC(C)(NC(=O)C1[C@H]2CNC[C@@H]12)c1nc(C#N)c2ccccn12. The average Bonchev–Trinajstić information content (AvgIpc) is 2.87. The molecule has 23 heavy (non-hydrogen) atoms. The quantitative estimate of drug-likeness (QED) is 0.887. The topological polar surface area (TPSA) is 82.2 Å². The molecule has 3 heterocycles. The third-order valence-electron chi connectivity index (χ3n) is 5.04. The van der Waals surface area contributed by atoms with Gasteiger partial charge in [0, 0.05) is 12.1 Å². The van der Waals surface area contributed by atoms with Crippen LogP contribution >= 0.6 is 0 Å². The molecule has 1 saturated carbocycles. The van der Waals surface area contributed by atoms with Gasteiger partial charge >= 0.3 is 0 Å². The van der Waals surface area contributed by atoms with Crippen molar-refractivity contribution in [3.05, 3.63) is 35.9 Å². The van der Waals surface area contributed by atoms with Crippen LogP contribution in [0.2, 0.25) is 0 Å². The first-order chi connectivity index (χ1) is 11.0. The van der Waals surface area contributed by atoms with Crippen LogP contribution in [0.3, 0.4) is 0 Å². The number of carbonyl (C=O) groups excluding carboxylic acids is 1. The van der Waals surface area contributed by atoms with Crippen molar-refractivity contribution in [1.29, 1.82) is 5.26 Å². The number of nitrogens with one attached hydrogen (secondary N) is 2. The molecule has 1 aliphatic heterocycles. The average molecular weight is 309 g/mol. The summed E-state index contributed by atoms with van der Waals surface area (Å²) >= 11 is 0. The lowest BCUT2D eigenvalue weighted by Crippen LogP contribution is -2.44. The maximum Gasteiger partial charge on any atom is 0.224 e. The van der Waals surface area contributed by atoms with Crippen molar-refractivity contribution in [3.63, 3.8) is 0 Å². The molecule has 0 spiro atoms. The molecule has 2 aromatic heterocycles. The Kier molecular flexibility index (Phi) is 2.97. The van der Waals surface area contributed by atoms with E-state index < -0.39 is 5.54 Å². The third-order valence-corrected chi connectivity index (χ3v) is 5.04. The summed E-state index contributed by atoms with van der Waals surface area (Å²) in [7, 11) is 0. The molecule has 4 rings (SSSR count). The van der Waals surface area contributed by atoms with Crippen LogP contribution in [-0.2, 0) is 10.3 Å². The lowest BCUT2D eigenvalue weighted by atomic mass is 10.0. The second-order valence-electron chi connectivity index (χ2n) is 6.98. The zero-order valence-electron chi connectivity index (χ0n) is 13.2. The van der Waals surface area contributed by atoms with Crippen LogP contribution in [0.25, 0.3) is 5.52 Å². The lowest BCUT2D eigenvalue weighted by molar-refractivity contribution is -0.124. The largest absolute Gasteiger partial charge is 0.344 e. The predicted molar refractivity (Wildman–Crippen MR) is 84.4 cm³/mol. The molecule has 6 heteroatoms. The van der Waals surface area contributed by atoms with Crippen LogP contribution < -0.4 is 10.6 Å². The van der Waals surface area contributed by atoms with Gasteiger partial charge in [-0.3, -0.25) is 4.79 Å². The second kappa shape index (κ2) is 4.80. The van der Waals surface area contributed by atoms with Crippen molar-refractivity contribution in [2.75, 3.05) is 13.1 Å². The Morgan fingerprint density at radius 2 is 2.17 bits per heavy atom. The Morgan fingerprint density at radius 3 is 2.87 bits per heavy atom. The fraction of sp³-hybridized carbons (Fsp3) is 0.471. The Balaban J connectivity index is 1.64. The van der Waals surface area contributed by atoms with E-state index in [1.807, 2.05) is 42.6 Å². The number of piperidine rings is 1. The summed E-state index contributed by atoms with van der Waals surface area (Å²) in [5.74, 6) is 1.87. The van der Waals surface area contributed by atoms with Gasteiger partial charge in [-0.05, 0) is 50.9 Å². The Labute approximate surface area is 134 Å². The zero-order chi connectivity index (χ0) is 16.2. The standard InChI is InChI=1S/C17H19N5O/c1-17(2,21-15(23)14-10-8-19-9-11(10)14)16-20-12(7-18)13-5-3-4-6-22(13)16/h3-6,10-11,14,19H,8-9H2,1-2H3,(H,21,23)/t10-,11+,14?. The summed E-state index contributed by atoms with van der Waals surface area (Å²) < 4.78 is 1.88. The Bertz CT molecular complexity index is 821. The third kappa shape index (κ3) is 2.12. The molecule has 2 aromatic rings. The summed E-state index contributed by atoms with van der Waals surface area (Å²) in [5.41, 5.74) is 0.510. The van der Waals surface area contributed by atoms with E-state index in [0.29, 0.717) is 23.4 Å². The molecule has 6 nitrogen and oxygen atoms in total. The van der Waals surface area contributed by atoms with Crippen LogP contribution in [0.5, 0.6) is 0 Å². The number of hydrogen-bond donors (Lipinski definition) is 2. The van der Waals surface area contributed by atoms with E-state index in [9.17, 15) is 10.1 Å². The molecule has 0 bridgehead atoms. The van der Waals surface area contributed by atoms with Gasteiger partial charge in [0.15, 0.2) is 5.69 Å². The second-order valence-corrected chi connectivity index (χ2v) is 6.98. The number of carbonyl (C=O) groups is 1. The van der Waals surface area contributed by atoms with Crippen molar-refractivity contribution < 1.29 is 4.79 Å². The monoisotopic (exact) mass is 309 g/mol. The molecule has 1 amide bonds. The molecule has 118 valence electrons. The van der Waals surface area contributed by atoms with E-state index in [-0.39, 0.29) is 11.8 Å². The summed E-state index contributed by atoms with van der Waals surface area (Å²) in [6.45, 7) is 5.75. The van der Waals surface area contributed by atoms with Gasteiger partial charge in [0.25, 0.3) is 0 Å². The maximum atomic E-state index is 12.6. The number of aromatic nitrogens is 2. The minimum absolute atomic E-state index is 0.0951. The lowest BCUT2D eigenvalue weighted by Gasteiger charge is -2.25. The first-order valence-electron chi connectivity index (χ1n) is 7.93. The molecule has 0 aromatic carbocycles. The molecule has 0 radical (unpaired) electrons. The van der Waals surface area contributed by atoms with Crippen LogP contribution in [0.4, 0.5) is 0 Å². The fourth-order valence-electron chi connectivity index (χ4n) is 3.82. The number of imidazole rings is 1. The molecule has 2 N–H and O–H groups in total. The van der Waals surface area contributed by atoms with Gasteiger partial charge in [-0.2, -0.15) is 5.26 Å². The minimum atomic E-state index is -0.638. The van der Waals surface area contributed by atoms with Crippen molar-refractivity contribution in [2.45, 2.75) is 19.4 Å². The molecule has 1 unspecified atom stereocenters. The van der Waals surface area contributed by atoms with Gasteiger partial charge in [-0.1, -0.05) is 6.07 Å². The van der Waals surface area contributed by atoms with Crippen LogP contribution in [-0.4, -0.2) is 28.4 Å². The number of fused-ring (bicyclic) bond motifs is 2.